The molecule has 3 nitrogen and oxygen atoms in total. The van der Waals surface area contributed by atoms with Gasteiger partial charge < -0.3 is 0 Å². The number of piperidine rings is 1. The van der Waals surface area contributed by atoms with Crippen molar-refractivity contribution < 1.29 is 8.42 Å². The Hall–Kier alpha value is 0.200. The molecule has 0 aromatic carbocycles. The average molecular weight is 282 g/mol. The van der Waals surface area contributed by atoms with Crippen LogP contribution in [0.3, 0.4) is 0 Å². The molecule has 0 spiro atoms. The Labute approximate surface area is 111 Å². The van der Waals surface area contributed by atoms with E-state index in [1.54, 1.807) is 4.31 Å². The Kier molecular flexibility index (Phi) is 6.24. The molecular formula is C12H24ClNO2S. The topological polar surface area (TPSA) is 37.4 Å². The predicted molar refractivity (Wildman–Crippen MR) is 72.9 cm³/mol. The molecule has 0 amide bonds. The molecule has 0 aromatic heterocycles. The van der Waals surface area contributed by atoms with Crippen molar-refractivity contribution in [3.8, 4) is 0 Å². The maximum atomic E-state index is 11.5. The third-order valence-corrected chi connectivity index (χ3v) is 5.24. The molecule has 1 aliphatic heterocycles. The van der Waals surface area contributed by atoms with E-state index in [4.69, 9.17) is 11.6 Å². The standard InChI is InChI=1S/C12H24ClNO2S/c1-3-5-11(9-13)8-12-6-4-7-14(10-12)17(2,15)16/h11-12H,3-10H2,1-2H3. The minimum atomic E-state index is -3.01. The fraction of sp³-hybridized carbons (Fsp3) is 1.00. The van der Waals surface area contributed by atoms with Crippen LogP contribution in [-0.2, 0) is 10.0 Å². The Bertz CT molecular complexity index is 318. The number of sulfonamides is 1. The second-order valence-corrected chi connectivity index (χ2v) is 7.47. The Morgan fingerprint density at radius 2 is 2.18 bits per heavy atom. The van der Waals surface area contributed by atoms with E-state index in [2.05, 4.69) is 6.92 Å². The van der Waals surface area contributed by atoms with Gasteiger partial charge in [-0.3, -0.25) is 0 Å². The molecule has 5 heteroatoms. The number of alkyl halides is 1. The van der Waals surface area contributed by atoms with E-state index >= 15 is 0 Å². The molecule has 102 valence electrons. The molecule has 1 saturated heterocycles. The first-order chi connectivity index (χ1) is 7.97. The van der Waals surface area contributed by atoms with Crippen molar-refractivity contribution in [1.82, 2.24) is 4.31 Å². The average Bonchev–Trinajstić information content (AvgIpc) is 2.28. The van der Waals surface area contributed by atoms with E-state index < -0.39 is 10.0 Å². The summed E-state index contributed by atoms with van der Waals surface area (Å²) in [7, 11) is -3.01. The minimum absolute atomic E-state index is 0.494. The summed E-state index contributed by atoms with van der Waals surface area (Å²) >= 11 is 5.96. The summed E-state index contributed by atoms with van der Waals surface area (Å²) in [5, 5.41) is 0. The van der Waals surface area contributed by atoms with Crippen molar-refractivity contribution in [2.45, 2.75) is 39.0 Å². The first-order valence-electron chi connectivity index (χ1n) is 6.48. The van der Waals surface area contributed by atoms with E-state index in [0.717, 1.165) is 32.1 Å². The molecule has 0 bridgehead atoms. The molecule has 1 rings (SSSR count). The lowest BCUT2D eigenvalue weighted by atomic mass is 9.88. The van der Waals surface area contributed by atoms with Gasteiger partial charge in [0.25, 0.3) is 0 Å². The fourth-order valence-corrected chi connectivity index (χ4v) is 3.88. The van der Waals surface area contributed by atoms with Gasteiger partial charge in [0.1, 0.15) is 0 Å². The van der Waals surface area contributed by atoms with Gasteiger partial charge in [-0.05, 0) is 37.5 Å². The Morgan fingerprint density at radius 3 is 2.71 bits per heavy atom. The van der Waals surface area contributed by atoms with Gasteiger partial charge in [0.15, 0.2) is 0 Å². The molecule has 2 atom stereocenters. The minimum Gasteiger partial charge on any atom is -0.213 e. The lowest BCUT2D eigenvalue weighted by molar-refractivity contribution is 0.232. The number of nitrogens with zero attached hydrogens (tertiary/aromatic N) is 1. The lowest BCUT2D eigenvalue weighted by Crippen LogP contribution is -2.39. The molecule has 0 aliphatic carbocycles. The molecule has 1 aliphatic rings. The summed E-state index contributed by atoms with van der Waals surface area (Å²) in [5.74, 6) is 1.74. The maximum Gasteiger partial charge on any atom is 0.211 e. The summed E-state index contributed by atoms with van der Waals surface area (Å²) in [6.45, 7) is 3.55. The van der Waals surface area contributed by atoms with Crippen LogP contribution in [0.2, 0.25) is 0 Å². The molecule has 0 aromatic rings. The van der Waals surface area contributed by atoms with Gasteiger partial charge >= 0.3 is 0 Å². The quantitative estimate of drug-likeness (QED) is 0.702. The van der Waals surface area contributed by atoms with Crippen LogP contribution in [-0.4, -0.2) is 37.9 Å². The van der Waals surface area contributed by atoms with Crippen LogP contribution in [0.5, 0.6) is 0 Å². The first kappa shape index (κ1) is 15.3. The zero-order chi connectivity index (χ0) is 12.9. The Balaban J connectivity index is 2.49. The summed E-state index contributed by atoms with van der Waals surface area (Å²) in [6.07, 6.45) is 6.81. The molecule has 0 radical (unpaired) electrons. The van der Waals surface area contributed by atoms with Crippen molar-refractivity contribution in [3.63, 3.8) is 0 Å². The molecule has 2 unspecified atom stereocenters. The molecule has 17 heavy (non-hydrogen) atoms. The van der Waals surface area contributed by atoms with E-state index in [9.17, 15) is 8.42 Å². The van der Waals surface area contributed by atoms with Gasteiger partial charge in [0, 0.05) is 19.0 Å². The molecular weight excluding hydrogens is 258 g/mol. The smallest absolute Gasteiger partial charge is 0.211 e. The van der Waals surface area contributed by atoms with Crippen LogP contribution < -0.4 is 0 Å². The monoisotopic (exact) mass is 281 g/mol. The SMILES string of the molecule is CCCC(CCl)CC1CCCN(S(C)(=O)=O)C1. The van der Waals surface area contributed by atoms with Gasteiger partial charge in [0.05, 0.1) is 6.26 Å². The first-order valence-corrected chi connectivity index (χ1v) is 8.86. The number of hydrogen-bond donors (Lipinski definition) is 0. The van der Waals surface area contributed by atoms with Gasteiger partial charge in [-0.25, -0.2) is 12.7 Å². The van der Waals surface area contributed by atoms with Crippen LogP contribution in [0.25, 0.3) is 0 Å². The maximum absolute atomic E-state index is 11.5. The van der Waals surface area contributed by atoms with E-state index in [0.29, 0.717) is 30.8 Å². The summed E-state index contributed by atoms with van der Waals surface area (Å²) in [6, 6.07) is 0. The normalized spacial score (nSPS) is 24.8. The van der Waals surface area contributed by atoms with Crippen molar-refractivity contribution in [1.29, 1.82) is 0 Å². The zero-order valence-corrected chi connectivity index (χ0v) is 12.4. The van der Waals surface area contributed by atoms with Crippen LogP contribution in [0, 0.1) is 11.8 Å². The van der Waals surface area contributed by atoms with Crippen molar-refractivity contribution in [2.75, 3.05) is 25.2 Å². The summed E-state index contributed by atoms with van der Waals surface area (Å²) < 4.78 is 24.6. The number of halogens is 1. The van der Waals surface area contributed by atoms with E-state index in [1.165, 1.54) is 6.26 Å². The lowest BCUT2D eigenvalue weighted by Gasteiger charge is -2.32. The second kappa shape index (κ2) is 6.95. The van der Waals surface area contributed by atoms with E-state index in [1.807, 2.05) is 0 Å². The van der Waals surface area contributed by atoms with Gasteiger partial charge in [0.2, 0.25) is 10.0 Å². The van der Waals surface area contributed by atoms with Crippen molar-refractivity contribution in [2.24, 2.45) is 11.8 Å². The fourth-order valence-electron chi connectivity index (χ4n) is 2.66. The van der Waals surface area contributed by atoms with Crippen molar-refractivity contribution >= 4 is 21.6 Å². The van der Waals surface area contributed by atoms with Crippen LogP contribution in [0.4, 0.5) is 0 Å². The van der Waals surface area contributed by atoms with Crippen LogP contribution in [0.15, 0.2) is 0 Å². The van der Waals surface area contributed by atoms with E-state index in [-0.39, 0.29) is 0 Å². The van der Waals surface area contributed by atoms with Gasteiger partial charge in [-0.15, -0.1) is 11.6 Å². The highest BCUT2D eigenvalue weighted by atomic mass is 35.5. The second-order valence-electron chi connectivity index (χ2n) is 5.17. The predicted octanol–water partition coefficient (Wildman–Crippen LogP) is 2.70. The number of hydrogen-bond acceptors (Lipinski definition) is 2. The number of rotatable bonds is 6. The molecule has 1 fully saturated rings. The van der Waals surface area contributed by atoms with Crippen molar-refractivity contribution in [3.05, 3.63) is 0 Å². The van der Waals surface area contributed by atoms with Gasteiger partial charge in [-0.1, -0.05) is 13.3 Å². The highest BCUT2D eigenvalue weighted by Gasteiger charge is 2.27. The third-order valence-electron chi connectivity index (χ3n) is 3.53. The van der Waals surface area contributed by atoms with Crippen LogP contribution >= 0.6 is 11.6 Å². The summed E-state index contributed by atoms with van der Waals surface area (Å²) in [4.78, 5) is 0. The molecule has 0 saturated carbocycles. The highest BCUT2D eigenvalue weighted by molar-refractivity contribution is 7.88. The van der Waals surface area contributed by atoms with Crippen LogP contribution in [0.1, 0.15) is 39.0 Å². The van der Waals surface area contributed by atoms with Gasteiger partial charge in [-0.2, -0.15) is 0 Å². The zero-order valence-electron chi connectivity index (χ0n) is 10.9. The summed E-state index contributed by atoms with van der Waals surface area (Å²) in [5.41, 5.74) is 0. The third kappa shape index (κ3) is 5.14. The Morgan fingerprint density at radius 1 is 1.47 bits per heavy atom. The molecule has 1 heterocycles. The highest BCUT2D eigenvalue weighted by Crippen LogP contribution is 2.27. The largest absolute Gasteiger partial charge is 0.213 e. The molecule has 0 N–H and O–H groups in total.